The highest BCUT2D eigenvalue weighted by molar-refractivity contribution is 5.88. The maximum absolute atomic E-state index is 12.2. The molecule has 0 bridgehead atoms. The normalized spacial score (nSPS) is 10.6. The zero-order chi connectivity index (χ0) is 15.7. The second-order valence-electron chi connectivity index (χ2n) is 4.73. The van der Waals surface area contributed by atoms with E-state index in [9.17, 15) is 14.7 Å². The predicted octanol–water partition coefficient (Wildman–Crippen LogP) is 3.09. The maximum Gasteiger partial charge on any atom is 0.308 e. The maximum atomic E-state index is 12.2. The van der Waals surface area contributed by atoms with Crippen LogP contribution < -0.4 is 10.2 Å². The van der Waals surface area contributed by atoms with Gasteiger partial charge in [-0.2, -0.15) is 0 Å². The van der Waals surface area contributed by atoms with Gasteiger partial charge in [-0.1, -0.05) is 30.3 Å². The number of carbonyl (C=O) groups excluding carboxylic acids is 1. The highest BCUT2D eigenvalue weighted by atomic mass is 16.5. The van der Waals surface area contributed by atoms with Crippen molar-refractivity contribution in [3.05, 3.63) is 58.8 Å². The first-order valence-corrected chi connectivity index (χ1v) is 6.60. The second kappa shape index (κ2) is 5.37. The Balaban J connectivity index is 2.32. The number of aromatic hydroxyl groups is 1. The Labute approximate surface area is 125 Å². The lowest BCUT2D eigenvalue weighted by Gasteiger charge is -2.09. The fraction of sp³-hybridized carbons (Fsp3) is 0.0588. The minimum absolute atomic E-state index is 0.0431. The minimum atomic E-state index is -0.615. The summed E-state index contributed by atoms with van der Waals surface area (Å²) in [6.45, 7) is 1.21. The lowest BCUT2D eigenvalue weighted by atomic mass is 10.1. The van der Waals surface area contributed by atoms with Crippen LogP contribution in [0.4, 0.5) is 0 Å². The third kappa shape index (κ3) is 2.44. The molecule has 22 heavy (non-hydrogen) atoms. The van der Waals surface area contributed by atoms with E-state index in [0.29, 0.717) is 11.3 Å². The van der Waals surface area contributed by atoms with Crippen molar-refractivity contribution in [2.45, 2.75) is 6.92 Å². The van der Waals surface area contributed by atoms with Gasteiger partial charge in [0.15, 0.2) is 16.8 Å². The number of hydrogen-bond donors (Lipinski definition) is 1. The topological polar surface area (TPSA) is 76.7 Å². The van der Waals surface area contributed by atoms with Gasteiger partial charge in [0.25, 0.3) is 0 Å². The molecule has 3 aromatic rings. The molecular weight excluding hydrogens is 284 g/mol. The monoisotopic (exact) mass is 296 g/mol. The van der Waals surface area contributed by atoms with E-state index < -0.39 is 5.97 Å². The fourth-order valence-corrected chi connectivity index (χ4v) is 2.17. The molecule has 0 saturated carbocycles. The van der Waals surface area contributed by atoms with Crippen LogP contribution >= 0.6 is 0 Å². The van der Waals surface area contributed by atoms with Crippen molar-refractivity contribution in [2.75, 3.05) is 0 Å². The van der Waals surface area contributed by atoms with Gasteiger partial charge in [0.2, 0.25) is 5.75 Å². The Kier molecular flexibility index (Phi) is 3.39. The zero-order valence-corrected chi connectivity index (χ0v) is 11.7. The molecule has 1 N–H and O–H groups in total. The summed E-state index contributed by atoms with van der Waals surface area (Å²) in [6.07, 6.45) is 0. The van der Waals surface area contributed by atoms with Gasteiger partial charge in [0.1, 0.15) is 5.76 Å². The molecule has 2 aromatic carbocycles. The Morgan fingerprint density at radius 3 is 2.55 bits per heavy atom. The van der Waals surface area contributed by atoms with E-state index in [1.54, 1.807) is 12.1 Å². The van der Waals surface area contributed by atoms with Crippen molar-refractivity contribution in [1.29, 1.82) is 0 Å². The molecule has 5 heteroatoms. The number of phenolic OH excluding ortho intramolecular Hbond substituents is 1. The SMILES string of the molecule is CC(=O)Oc1c(O)ccc2c(=O)cc(-c3ccccc3)oc12. The van der Waals surface area contributed by atoms with E-state index in [0.717, 1.165) is 0 Å². The summed E-state index contributed by atoms with van der Waals surface area (Å²) >= 11 is 0. The number of ether oxygens (including phenoxy) is 1. The number of esters is 1. The number of benzene rings is 2. The molecule has 0 radical (unpaired) electrons. The number of hydrogen-bond acceptors (Lipinski definition) is 5. The summed E-state index contributed by atoms with van der Waals surface area (Å²) in [7, 11) is 0. The lowest BCUT2D eigenvalue weighted by Crippen LogP contribution is -2.05. The van der Waals surface area contributed by atoms with Gasteiger partial charge in [-0.25, -0.2) is 0 Å². The molecule has 0 aliphatic heterocycles. The van der Waals surface area contributed by atoms with Crippen molar-refractivity contribution in [3.63, 3.8) is 0 Å². The molecule has 0 spiro atoms. The summed E-state index contributed by atoms with van der Waals surface area (Å²) < 4.78 is 10.7. The summed E-state index contributed by atoms with van der Waals surface area (Å²) in [4.78, 5) is 23.4. The van der Waals surface area contributed by atoms with Crippen LogP contribution in [0.5, 0.6) is 11.5 Å². The standard InChI is InChI=1S/C17H12O5/c1-10(18)21-17-13(19)8-7-12-14(20)9-15(22-16(12)17)11-5-3-2-4-6-11/h2-9,19H,1H3. The Morgan fingerprint density at radius 2 is 1.86 bits per heavy atom. The molecule has 0 atom stereocenters. The van der Waals surface area contributed by atoms with Gasteiger partial charge in [0, 0.05) is 18.6 Å². The summed E-state index contributed by atoms with van der Waals surface area (Å²) in [5.41, 5.74) is 0.466. The predicted molar refractivity (Wildman–Crippen MR) is 80.9 cm³/mol. The van der Waals surface area contributed by atoms with Crippen molar-refractivity contribution in [1.82, 2.24) is 0 Å². The molecule has 3 rings (SSSR count). The first kappa shape index (κ1) is 13.9. The summed E-state index contributed by atoms with van der Waals surface area (Å²) in [5, 5.41) is 10.1. The van der Waals surface area contributed by atoms with Crippen LogP contribution in [0, 0.1) is 0 Å². The van der Waals surface area contributed by atoms with Crippen LogP contribution in [-0.2, 0) is 4.79 Å². The number of rotatable bonds is 2. The lowest BCUT2D eigenvalue weighted by molar-refractivity contribution is -0.131. The van der Waals surface area contributed by atoms with Crippen molar-refractivity contribution < 1.29 is 19.1 Å². The van der Waals surface area contributed by atoms with Crippen molar-refractivity contribution in [3.8, 4) is 22.8 Å². The van der Waals surface area contributed by atoms with Crippen LogP contribution in [0.1, 0.15) is 6.92 Å². The van der Waals surface area contributed by atoms with Gasteiger partial charge in [-0.05, 0) is 12.1 Å². The second-order valence-corrected chi connectivity index (χ2v) is 4.73. The van der Waals surface area contributed by atoms with E-state index >= 15 is 0 Å². The van der Waals surface area contributed by atoms with Crippen LogP contribution in [-0.4, -0.2) is 11.1 Å². The van der Waals surface area contributed by atoms with Crippen molar-refractivity contribution in [2.24, 2.45) is 0 Å². The molecule has 1 heterocycles. The average Bonchev–Trinajstić information content (AvgIpc) is 2.50. The van der Waals surface area contributed by atoms with Gasteiger partial charge < -0.3 is 14.3 Å². The third-order valence-electron chi connectivity index (χ3n) is 3.14. The number of phenols is 1. The third-order valence-corrected chi connectivity index (χ3v) is 3.14. The van der Waals surface area contributed by atoms with Gasteiger partial charge >= 0.3 is 5.97 Å². The van der Waals surface area contributed by atoms with Crippen LogP contribution in [0.25, 0.3) is 22.3 Å². The first-order chi connectivity index (χ1) is 10.6. The minimum Gasteiger partial charge on any atom is -0.504 e. The van der Waals surface area contributed by atoms with Crippen LogP contribution in [0.15, 0.2) is 57.7 Å². The van der Waals surface area contributed by atoms with Crippen molar-refractivity contribution >= 4 is 16.9 Å². The quantitative estimate of drug-likeness (QED) is 0.581. The van der Waals surface area contributed by atoms with Gasteiger partial charge in [-0.3, -0.25) is 9.59 Å². The fourth-order valence-electron chi connectivity index (χ4n) is 2.17. The van der Waals surface area contributed by atoms with Gasteiger partial charge in [-0.15, -0.1) is 0 Å². The Bertz CT molecular complexity index is 909. The summed E-state index contributed by atoms with van der Waals surface area (Å²) in [5.74, 6) is -0.705. The number of carbonyl (C=O) groups is 1. The average molecular weight is 296 g/mol. The van der Waals surface area contributed by atoms with Gasteiger partial charge in [0.05, 0.1) is 5.39 Å². The molecule has 5 nitrogen and oxygen atoms in total. The molecule has 110 valence electrons. The van der Waals surface area contributed by atoms with Crippen LogP contribution in [0.3, 0.4) is 0 Å². The molecule has 0 aliphatic carbocycles. The molecule has 0 unspecified atom stereocenters. The molecule has 1 aromatic heterocycles. The Morgan fingerprint density at radius 1 is 1.14 bits per heavy atom. The van der Waals surface area contributed by atoms with E-state index in [4.69, 9.17) is 9.15 Å². The molecule has 0 saturated heterocycles. The number of fused-ring (bicyclic) bond motifs is 1. The first-order valence-electron chi connectivity index (χ1n) is 6.60. The highest BCUT2D eigenvalue weighted by Gasteiger charge is 2.16. The molecule has 0 aliphatic rings. The smallest absolute Gasteiger partial charge is 0.308 e. The molecule has 0 fully saturated rings. The molecule has 0 amide bonds. The largest absolute Gasteiger partial charge is 0.504 e. The van der Waals surface area contributed by atoms with E-state index in [-0.39, 0.29) is 27.9 Å². The molecular formula is C17H12O5. The van der Waals surface area contributed by atoms with E-state index in [2.05, 4.69) is 0 Å². The van der Waals surface area contributed by atoms with E-state index in [1.807, 2.05) is 18.2 Å². The Hall–Kier alpha value is -3.08. The highest BCUT2D eigenvalue weighted by Crippen LogP contribution is 2.35. The van der Waals surface area contributed by atoms with E-state index in [1.165, 1.54) is 25.1 Å². The summed E-state index contributed by atoms with van der Waals surface area (Å²) in [6, 6.07) is 13.1. The van der Waals surface area contributed by atoms with Crippen LogP contribution in [0.2, 0.25) is 0 Å². The zero-order valence-electron chi connectivity index (χ0n) is 11.7.